The molecule has 7 nitrogen and oxygen atoms in total. The first-order chi connectivity index (χ1) is 15.4. The van der Waals surface area contributed by atoms with Gasteiger partial charge < -0.3 is 14.2 Å². The molecule has 1 fully saturated rings. The second-order valence-electron chi connectivity index (χ2n) is 8.20. The van der Waals surface area contributed by atoms with Gasteiger partial charge in [-0.15, -0.1) is 11.3 Å². The highest BCUT2D eigenvalue weighted by molar-refractivity contribution is 7.18. The van der Waals surface area contributed by atoms with Crippen molar-refractivity contribution in [1.29, 1.82) is 0 Å². The van der Waals surface area contributed by atoms with Crippen LogP contribution in [0.1, 0.15) is 46.6 Å². The lowest BCUT2D eigenvalue weighted by atomic mass is 10.2. The number of aromatic nitrogens is 2. The molecule has 3 heterocycles. The molecular formula is C24H30N4O3S. The fraction of sp³-hybridized carbons (Fsp3) is 0.458. The van der Waals surface area contributed by atoms with Crippen molar-refractivity contribution in [1.82, 2.24) is 19.4 Å². The fourth-order valence-electron chi connectivity index (χ4n) is 4.28. The lowest BCUT2D eigenvalue weighted by Crippen LogP contribution is -2.50. The summed E-state index contributed by atoms with van der Waals surface area (Å²) >= 11 is 1.74. The maximum absolute atomic E-state index is 13.0. The molecule has 170 valence electrons. The van der Waals surface area contributed by atoms with E-state index in [1.165, 1.54) is 4.70 Å². The van der Waals surface area contributed by atoms with E-state index in [1.807, 2.05) is 35.4 Å². The van der Waals surface area contributed by atoms with Gasteiger partial charge in [0.15, 0.2) is 0 Å². The molecule has 0 spiro atoms. The predicted molar refractivity (Wildman–Crippen MR) is 126 cm³/mol. The number of fused-ring (bicyclic) bond motifs is 1. The van der Waals surface area contributed by atoms with Gasteiger partial charge >= 0.3 is 5.97 Å². The van der Waals surface area contributed by atoms with Crippen molar-refractivity contribution in [3.05, 3.63) is 52.3 Å². The molecule has 1 aromatic carbocycles. The van der Waals surface area contributed by atoms with E-state index >= 15 is 0 Å². The maximum Gasteiger partial charge on any atom is 0.339 e. The first-order valence-electron chi connectivity index (χ1n) is 11.1. The molecular weight excluding hydrogens is 424 g/mol. The predicted octanol–water partition coefficient (Wildman–Crippen LogP) is 3.80. The number of ether oxygens (including phenoxy) is 1. The molecule has 0 bridgehead atoms. The lowest BCUT2D eigenvalue weighted by molar-refractivity contribution is -0.134. The summed E-state index contributed by atoms with van der Waals surface area (Å²) in [6.07, 6.45) is 0. The zero-order chi connectivity index (χ0) is 22.8. The van der Waals surface area contributed by atoms with Gasteiger partial charge in [-0.2, -0.15) is 0 Å². The topological polar surface area (TPSA) is 67.7 Å². The first kappa shape index (κ1) is 22.5. The molecule has 8 heteroatoms. The minimum atomic E-state index is -0.336. The summed E-state index contributed by atoms with van der Waals surface area (Å²) < 4.78 is 8.25. The number of rotatable bonds is 6. The number of aryl methyl sites for hydroxylation is 1. The van der Waals surface area contributed by atoms with Crippen molar-refractivity contribution in [3.63, 3.8) is 0 Å². The van der Waals surface area contributed by atoms with Gasteiger partial charge in [0.1, 0.15) is 11.6 Å². The molecule has 1 aliphatic heterocycles. The van der Waals surface area contributed by atoms with Crippen LogP contribution < -0.4 is 0 Å². The number of esters is 1. The molecule has 1 saturated heterocycles. The van der Waals surface area contributed by atoms with Crippen LogP contribution in [-0.2, 0) is 16.1 Å². The monoisotopic (exact) mass is 454 g/mol. The maximum atomic E-state index is 13.0. The molecule has 3 aromatic rings. The van der Waals surface area contributed by atoms with E-state index in [9.17, 15) is 9.59 Å². The van der Waals surface area contributed by atoms with Gasteiger partial charge in [0, 0.05) is 37.6 Å². The van der Waals surface area contributed by atoms with E-state index in [0.29, 0.717) is 25.3 Å². The van der Waals surface area contributed by atoms with Crippen molar-refractivity contribution in [2.75, 3.05) is 32.8 Å². The molecule has 1 unspecified atom stereocenters. The third kappa shape index (κ3) is 4.42. The Morgan fingerprint density at radius 3 is 2.56 bits per heavy atom. The van der Waals surface area contributed by atoms with Crippen LogP contribution in [0.5, 0.6) is 0 Å². The number of hydrogen-bond donors (Lipinski definition) is 0. The summed E-state index contributed by atoms with van der Waals surface area (Å²) in [4.78, 5) is 34.3. The van der Waals surface area contributed by atoms with Crippen LogP contribution in [0, 0.1) is 13.8 Å². The Kier molecular flexibility index (Phi) is 6.62. The molecule has 0 aliphatic carbocycles. The number of hydrogen-bond acceptors (Lipinski definition) is 6. The number of carbonyl (C=O) groups excluding carboxylic acids is 2. The van der Waals surface area contributed by atoms with E-state index in [4.69, 9.17) is 9.72 Å². The van der Waals surface area contributed by atoms with Crippen molar-refractivity contribution in [2.45, 2.75) is 40.3 Å². The molecule has 1 atom stereocenters. The molecule has 2 aromatic heterocycles. The summed E-state index contributed by atoms with van der Waals surface area (Å²) in [6, 6.07) is 10.3. The van der Waals surface area contributed by atoms with Gasteiger partial charge in [-0.05, 0) is 45.9 Å². The van der Waals surface area contributed by atoms with Crippen molar-refractivity contribution >= 4 is 33.4 Å². The fourth-order valence-corrected chi connectivity index (χ4v) is 5.33. The highest BCUT2D eigenvalue weighted by Gasteiger charge is 2.27. The van der Waals surface area contributed by atoms with Crippen LogP contribution in [0.15, 0.2) is 30.3 Å². The van der Waals surface area contributed by atoms with E-state index < -0.39 is 0 Å². The molecule has 0 saturated carbocycles. The molecule has 1 amide bonds. The Balaban J connectivity index is 1.37. The van der Waals surface area contributed by atoms with Gasteiger partial charge in [-0.1, -0.05) is 12.1 Å². The average molecular weight is 455 g/mol. The highest BCUT2D eigenvalue weighted by Crippen LogP contribution is 2.30. The Bertz CT molecular complexity index is 1090. The lowest BCUT2D eigenvalue weighted by Gasteiger charge is -2.37. The minimum absolute atomic E-state index is 0.0782. The Hall–Kier alpha value is -2.71. The number of piperazine rings is 1. The molecule has 1 aliphatic rings. The number of benzene rings is 1. The van der Waals surface area contributed by atoms with Crippen LogP contribution in [0.25, 0.3) is 10.2 Å². The van der Waals surface area contributed by atoms with E-state index in [1.54, 1.807) is 24.3 Å². The van der Waals surface area contributed by atoms with E-state index in [2.05, 4.69) is 24.0 Å². The van der Waals surface area contributed by atoms with E-state index in [0.717, 1.165) is 35.0 Å². The summed E-state index contributed by atoms with van der Waals surface area (Å²) in [6.45, 7) is 11.4. The Morgan fingerprint density at radius 1 is 1.16 bits per heavy atom. The quantitative estimate of drug-likeness (QED) is 0.530. The number of para-hydroxylation sites is 1. The Morgan fingerprint density at radius 2 is 1.88 bits per heavy atom. The van der Waals surface area contributed by atoms with Gasteiger partial charge in [0.25, 0.3) is 0 Å². The second kappa shape index (κ2) is 9.42. The minimum Gasteiger partial charge on any atom is -0.462 e. The van der Waals surface area contributed by atoms with Crippen molar-refractivity contribution in [2.24, 2.45) is 0 Å². The van der Waals surface area contributed by atoms with Crippen LogP contribution >= 0.6 is 11.3 Å². The first-order valence-corrected chi connectivity index (χ1v) is 11.9. The summed E-state index contributed by atoms with van der Waals surface area (Å²) in [5.41, 5.74) is 3.25. The normalized spacial score (nSPS) is 15.8. The molecule has 0 radical (unpaired) electrons. The standard InChI is InChI=1S/C24H30N4O3S/c1-5-31-24(30)19-14-16(2)28(17(19)3)15-22(29)27-12-10-26(11-13-27)18(4)23-25-20-8-6-7-9-21(20)32-23/h6-9,14,18H,5,10-13,15H2,1-4H3. The summed E-state index contributed by atoms with van der Waals surface area (Å²) in [5, 5.41) is 1.12. The van der Waals surface area contributed by atoms with E-state index in [-0.39, 0.29) is 24.5 Å². The summed E-state index contributed by atoms with van der Waals surface area (Å²) in [7, 11) is 0. The van der Waals surface area contributed by atoms with Gasteiger partial charge in [0.05, 0.1) is 28.4 Å². The number of amides is 1. The Labute approximate surface area is 192 Å². The zero-order valence-electron chi connectivity index (χ0n) is 19.1. The zero-order valence-corrected chi connectivity index (χ0v) is 19.9. The molecule has 4 rings (SSSR count). The highest BCUT2D eigenvalue weighted by atomic mass is 32.1. The van der Waals surface area contributed by atoms with Gasteiger partial charge in [-0.3, -0.25) is 9.69 Å². The SMILES string of the molecule is CCOC(=O)c1cc(C)n(CC(=O)N2CCN(C(C)c3nc4ccccc4s3)CC2)c1C. The smallest absolute Gasteiger partial charge is 0.339 e. The van der Waals surface area contributed by atoms with Gasteiger partial charge in [0.2, 0.25) is 5.91 Å². The largest absolute Gasteiger partial charge is 0.462 e. The van der Waals surface area contributed by atoms with Crippen LogP contribution in [0.2, 0.25) is 0 Å². The molecule has 0 N–H and O–H groups in total. The van der Waals surface area contributed by atoms with Crippen LogP contribution in [-0.4, -0.2) is 64.0 Å². The third-order valence-corrected chi connectivity index (χ3v) is 7.45. The van der Waals surface area contributed by atoms with Crippen LogP contribution in [0.4, 0.5) is 0 Å². The number of nitrogens with zero attached hydrogens (tertiary/aromatic N) is 4. The van der Waals surface area contributed by atoms with Crippen LogP contribution in [0.3, 0.4) is 0 Å². The van der Waals surface area contributed by atoms with Crippen molar-refractivity contribution in [3.8, 4) is 0 Å². The number of carbonyl (C=O) groups is 2. The molecule has 32 heavy (non-hydrogen) atoms. The third-order valence-electron chi connectivity index (χ3n) is 6.24. The number of thiazole rings is 1. The second-order valence-corrected chi connectivity index (χ2v) is 9.27. The average Bonchev–Trinajstić information content (AvgIpc) is 3.35. The van der Waals surface area contributed by atoms with Gasteiger partial charge in [-0.25, -0.2) is 9.78 Å². The van der Waals surface area contributed by atoms with Crippen molar-refractivity contribution < 1.29 is 14.3 Å². The summed E-state index contributed by atoms with van der Waals surface area (Å²) in [5.74, 6) is -0.258.